The number of carbonyl (C=O) groups is 2. The van der Waals surface area contributed by atoms with E-state index in [9.17, 15) is 9.59 Å². The molecule has 4 nitrogen and oxygen atoms in total. The second-order valence-corrected chi connectivity index (χ2v) is 3.68. The molecule has 0 heterocycles. The maximum absolute atomic E-state index is 11.3. The minimum absolute atomic E-state index is 0.0225. The van der Waals surface area contributed by atoms with Gasteiger partial charge in [0.1, 0.15) is 0 Å². The minimum atomic E-state index is -0.954. The van der Waals surface area contributed by atoms with Crippen LogP contribution in [0.3, 0.4) is 0 Å². The minimum Gasteiger partial charge on any atom is -0.481 e. The summed E-state index contributed by atoms with van der Waals surface area (Å²) < 4.78 is 0. The second kappa shape index (κ2) is 4.97. The summed E-state index contributed by atoms with van der Waals surface area (Å²) in [7, 11) is 0. The van der Waals surface area contributed by atoms with Crippen LogP contribution in [0.4, 0.5) is 0 Å². The molecule has 0 unspecified atom stereocenters. The van der Waals surface area contributed by atoms with Crippen LogP contribution < -0.4 is 5.73 Å². The summed E-state index contributed by atoms with van der Waals surface area (Å²) in [5, 5.41) is 8.56. The molecular formula is C9H17NO3. The van der Waals surface area contributed by atoms with Gasteiger partial charge in [-0.1, -0.05) is 20.8 Å². The average molecular weight is 187 g/mol. The van der Waals surface area contributed by atoms with E-state index in [1.165, 1.54) is 6.92 Å². The molecule has 2 atom stereocenters. The Morgan fingerprint density at radius 1 is 1.31 bits per heavy atom. The van der Waals surface area contributed by atoms with Crippen molar-refractivity contribution < 1.29 is 14.7 Å². The maximum Gasteiger partial charge on any atom is 0.306 e. The van der Waals surface area contributed by atoms with Gasteiger partial charge in [0.2, 0.25) is 0 Å². The third kappa shape index (κ3) is 4.03. The Bertz CT molecular complexity index is 201. The van der Waals surface area contributed by atoms with Gasteiger partial charge in [-0.3, -0.25) is 9.59 Å². The Morgan fingerprint density at radius 2 is 1.77 bits per heavy atom. The maximum atomic E-state index is 11.3. The first-order valence-electron chi connectivity index (χ1n) is 4.37. The van der Waals surface area contributed by atoms with Gasteiger partial charge >= 0.3 is 5.97 Å². The molecule has 0 spiro atoms. The summed E-state index contributed by atoms with van der Waals surface area (Å²) >= 11 is 0. The molecule has 0 aliphatic carbocycles. The highest BCUT2D eigenvalue weighted by atomic mass is 16.4. The summed E-state index contributed by atoms with van der Waals surface area (Å²) in [6, 6.07) is -0.540. The number of nitrogens with two attached hydrogens (primary N) is 1. The summed E-state index contributed by atoms with van der Waals surface area (Å²) in [4.78, 5) is 21.7. The quantitative estimate of drug-likeness (QED) is 0.662. The zero-order valence-corrected chi connectivity index (χ0v) is 8.28. The number of hydrogen-bond acceptors (Lipinski definition) is 3. The standard InChI is InChI=1S/C9H17NO3/c1-5(2)8(10)7(11)4-6(3)9(12)13/h5-6,8H,4,10H2,1-3H3,(H,12,13)/t6-,8+/m1/s1. The van der Waals surface area contributed by atoms with E-state index in [1.807, 2.05) is 13.8 Å². The fourth-order valence-corrected chi connectivity index (χ4v) is 0.897. The van der Waals surface area contributed by atoms with Gasteiger partial charge in [-0.15, -0.1) is 0 Å². The van der Waals surface area contributed by atoms with E-state index in [-0.39, 0.29) is 18.1 Å². The number of ketones is 1. The Kier molecular flexibility index (Phi) is 4.62. The molecule has 76 valence electrons. The van der Waals surface area contributed by atoms with Gasteiger partial charge in [-0.05, 0) is 5.92 Å². The molecule has 0 aromatic heterocycles. The first-order valence-corrected chi connectivity index (χ1v) is 4.37. The van der Waals surface area contributed by atoms with Crippen molar-refractivity contribution in [3.8, 4) is 0 Å². The molecule has 0 amide bonds. The van der Waals surface area contributed by atoms with Crippen molar-refractivity contribution in [2.75, 3.05) is 0 Å². The van der Waals surface area contributed by atoms with Crippen LogP contribution in [-0.4, -0.2) is 22.9 Å². The van der Waals surface area contributed by atoms with Gasteiger partial charge in [0.25, 0.3) is 0 Å². The molecule has 0 radical (unpaired) electrons. The monoisotopic (exact) mass is 187 g/mol. The van der Waals surface area contributed by atoms with Gasteiger partial charge in [0.15, 0.2) is 5.78 Å². The molecule has 0 saturated carbocycles. The topological polar surface area (TPSA) is 80.4 Å². The molecule has 13 heavy (non-hydrogen) atoms. The van der Waals surface area contributed by atoms with Gasteiger partial charge in [0.05, 0.1) is 12.0 Å². The lowest BCUT2D eigenvalue weighted by Crippen LogP contribution is -2.37. The smallest absolute Gasteiger partial charge is 0.306 e. The van der Waals surface area contributed by atoms with Crippen LogP contribution in [0.2, 0.25) is 0 Å². The van der Waals surface area contributed by atoms with E-state index in [0.29, 0.717) is 0 Å². The Balaban J connectivity index is 4.08. The largest absolute Gasteiger partial charge is 0.481 e. The van der Waals surface area contributed by atoms with Gasteiger partial charge < -0.3 is 10.8 Å². The highest BCUT2D eigenvalue weighted by Crippen LogP contribution is 2.08. The lowest BCUT2D eigenvalue weighted by atomic mass is 9.94. The van der Waals surface area contributed by atoms with E-state index in [1.54, 1.807) is 0 Å². The number of Topliss-reactive ketones (excluding diaryl/α,β-unsaturated/α-hetero) is 1. The molecule has 0 aromatic rings. The van der Waals surface area contributed by atoms with Crippen LogP contribution in [0.15, 0.2) is 0 Å². The molecule has 0 rings (SSSR count). The fraction of sp³-hybridized carbons (Fsp3) is 0.778. The molecule has 0 saturated heterocycles. The van der Waals surface area contributed by atoms with Crippen molar-refractivity contribution in [2.24, 2.45) is 17.6 Å². The van der Waals surface area contributed by atoms with E-state index >= 15 is 0 Å². The first-order chi connectivity index (χ1) is 5.86. The highest BCUT2D eigenvalue weighted by Gasteiger charge is 2.22. The van der Waals surface area contributed by atoms with Crippen LogP contribution in [0, 0.1) is 11.8 Å². The number of aliphatic carboxylic acids is 1. The van der Waals surface area contributed by atoms with E-state index in [2.05, 4.69) is 0 Å². The molecule has 0 aliphatic heterocycles. The van der Waals surface area contributed by atoms with E-state index in [4.69, 9.17) is 10.8 Å². The average Bonchev–Trinajstić information content (AvgIpc) is 2.02. The SMILES string of the molecule is CC(C)[C@H](N)C(=O)C[C@@H](C)C(=O)O. The van der Waals surface area contributed by atoms with Crippen LogP contribution in [-0.2, 0) is 9.59 Å². The predicted octanol–water partition coefficient (Wildman–Crippen LogP) is 0.650. The number of carboxylic acids is 1. The summed E-state index contributed by atoms with van der Waals surface area (Å²) in [5.41, 5.74) is 5.57. The molecule has 0 aromatic carbocycles. The van der Waals surface area contributed by atoms with Gasteiger partial charge in [0, 0.05) is 6.42 Å². The third-order valence-electron chi connectivity index (χ3n) is 2.02. The van der Waals surface area contributed by atoms with Crippen molar-refractivity contribution in [3.63, 3.8) is 0 Å². The number of rotatable bonds is 5. The molecule has 3 N–H and O–H groups in total. The molecular weight excluding hydrogens is 170 g/mol. The normalized spacial score (nSPS) is 15.5. The lowest BCUT2D eigenvalue weighted by Gasteiger charge is -2.15. The van der Waals surface area contributed by atoms with E-state index in [0.717, 1.165) is 0 Å². The van der Waals surface area contributed by atoms with Gasteiger partial charge in [-0.25, -0.2) is 0 Å². The van der Waals surface area contributed by atoms with Crippen LogP contribution in [0.5, 0.6) is 0 Å². The Labute approximate surface area is 78.1 Å². The zero-order chi connectivity index (χ0) is 10.6. The molecule has 4 heteroatoms. The van der Waals surface area contributed by atoms with Crippen molar-refractivity contribution in [1.82, 2.24) is 0 Å². The summed E-state index contributed by atoms with van der Waals surface area (Å²) in [6.45, 7) is 5.19. The predicted molar refractivity (Wildman–Crippen MR) is 49.2 cm³/mol. The molecule has 0 aliphatic rings. The highest BCUT2D eigenvalue weighted by molar-refractivity contribution is 5.87. The summed E-state index contributed by atoms with van der Waals surface area (Å²) in [6.07, 6.45) is 0.0225. The third-order valence-corrected chi connectivity index (χ3v) is 2.02. The van der Waals surface area contributed by atoms with Crippen molar-refractivity contribution in [1.29, 1.82) is 0 Å². The molecule has 0 bridgehead atoms. The van der Waals surface area contributed by atoms with Gasteiger partial charge in [-0.2, -0.15) is 0 Å². The Hall–Kier alpha value is -0.900. The van der Waals surface area contributed by atoms with E-state index < -0.39 is 17.9 Å². The van der Waals surface area contributed by atoms with Crippen LogP contribution in [0.1, 0.15) is 27.2 Å². The number of hydrogen-bond donors (Lipinski definition) is 2. The first kappa shape index (κ1) is 12.1. The Morgan fingerprint density at radius 3 is 2.08 bits per heavy atom. The van der Waals surface area contributed by atoms with Crippen molar-refractivity contribution in [2.45, 2.75) is 33.2 Å². The van der Waals surface area contributed by atoms with Crippen molar-refractivity contribution >= 4 is 11.8 Å². The van der Waals surface area contributed by atoms with Crippen LogP contribution in [0.25, 0.3) is 0 Å². The fourth-order valence-electron chi connectivity index (χ4n) is 0.897. The number of carbonyl (C=O) groups excluding carboxylic acids is 1. The molecule has 0 fully saturated rings. The second-order valence-electron chi connectivity index (χ2n) is 3.68. The van der Waals surface area contributed by atoms with Crippen molar-refractivity contribution in [3.05, 3.63) is 0 Å². The van der Waals surface area contributed by atoms with Crippen LogP contribution >= 0.6 is 0 Å². The zero-order valence-electron chi connectivity index (χ0n) is 8.28. The number of carboxylic acid groups (broad SMARTS) is 1. The summed E-state index contributed by atoms with van der Waals surface area (Å²) in [5.74, 6) is -1.71. The lowest BCUT2D eigenvalue weighted by molar-refractivity contribution is -0.143.